The van der Waals surface area contributed by atoms with Crippen LogP contribution in [0.2, 0.25) is 0 Å². The maximum absolute atomic E-state index is 12.1. The number of H-pyrrole nitrogens is 1. The molecule has 0 spiro atoms. The Morgan fingerprint density at radius 1 is 1.50 bits per heavy atom. The van der Waals surface area contributed by atoms with Gasteiger partial charge in [-0.1, -0.05) is 0 Å². The van der Waals surface area contributed by atoms with Crippen LogP contribution in [-0.2, 0) is 0 Å². The van der Waals surface area contributed by atoms with E-state index in [9.17, 15) is 18.0 Å². The predicted octanol–water partition coefficient (Wildman–Crippen LogP) is 2.20. The Kier molecular flexibility index (Phi) is 2.85. The normalized spacial score (nSPS) is 11.7. The number of carboxylic acid groups (broad SMARTS) is 1. The zero-order chi connectivity index (χ0) is 13.3. The molecule has 0 saturated heterocycles. The van der Waals surface area contributed by atoms with Gasteiger partial charge in [0.15, 0.2) is 18.1 Å². The Hall–Kier alpha value is -2.25. The van der Waals surface area contributed by atoms with Crippen LogP contribution in [-0.4, -0.2) is 33.8 Å². The van der Waals surface area contributed by atoms with E-state index in [0.29, 0.717) is 0 Å². The number of ether oxygens (including phenoxy) is 1. The molecular formula is C10H7F3N2O3. The van der Waals surface area contributed by atoms with Crippen molar-refractivity contribution in [3.05, 3.63) is 24.0 Å². The molecule has 18 heavy (non-hydrogen) atoms. The van der Waals surface area contributed by atoms with E-state index in [1.165, 1.54) is 18.3 Å². The number of nitrogens with zero attached hydrogens (tertiary/aromatic N) is 1. The van der Waals surface area contributed by atoms with Crippen molar-refractivity contribution in [2.45, 2.75) is 6.18 Å². The maximum atomic E-state index is 12.1. The highest BCUT2D eigenvalue weighted by Crippen LogP contribution is 2.30. The number of aromatic nitrogens is 2. The summed E-state index contributed by atoms with van der Waals surface area (Å²) in [4.78, 5) is 17.1. The van der Waals surface area contributed by atoms with Gasteiger partial charge in [0.25, 0.3) is 0 Å². The summed E-state index contributed by atoms with van der Waals surface area (Å²) in [6, 6.07) is 2.90. The third-order valence-electron chi connectivity index (χ3n) is 2.12. The van der Waals surface area contributed by atoms with Crippen LogP contribution in [0.15, 0.2) is 18.3 Å². The van der Waals surface area contributed by atoms with Crippen molar-refractivity contribution >= 4 is 17.0 Å². The van der Waals surface area contributed by atoms with Crippen molar-refractivity contribution in [1.82, 2.24) is 9.97 Å². The highest BCUT2D eigenvalue weighted by Gasteiger charge is 2.30. The molecule has 2 aromatic rings. The molecule has 2 rings (SSSR count). The summed E-state index contributed by atoms with van der Waals surface area (Å²) < 4.78 is 40.8. The average Bonchev–Trinajstić information content (AvgIpc) is 2.64. The fraction of sp³-hybridized carbons (Fsp3) is 0.200. The lowest BCUT2D eigenvalue weighted by atomic mass is 10.3. The molecule has 0 amide bonds. The Balaban J connectivity index is 2.45. The number of hydrogen-bond acceptors (Lipinski definition) is 3. The number of fused-ring (bicyclic) bond motifs is 1. The van der Waals surface area contributed by atoms with Crippen LogP contribution in [0, 0.1) is 0 Å². The van der Waals surface area contributed by atoms with Crippen molar-refractivity contribution in [2.24, 2.45) is 0 Å². The van der Waals surface area contributed by atoms with E-state index in [0.717, 1.165) is 0 Å². The Morgan fingerprint density at radius 2 is 2.22 bits per heavy atom. The second kappa shape index (κ2) is 4.21. The first-order valence-corrected chi connectivity index (χ1v) is 4.78. The second-order valence-corrected chi connectivity index (χ2v) is 3.44. The number of halogens is 3. The minimum Gasteiger partial charge on any atom is -0.481 e. The highest BCUT2D eigenvalue weighted by atomic mass is 19.4. The summed E-state index contributed by atoms with van der Waals surface area (Å²) in [6.07, 6.45) is -3.15. The van der Waals surface area contributed by atoms with Gasteiger partial charge in [-0.05, 0) is 12.1 Å². The third kappa shape index (κ3) is 2.36. The largest absolute Gasteiger partial charge is 0.481 e. The molecule has 2 aromatic heterocycles. The lowest BCUT2D eigenvalue weighted by Gasteiger charge is -2.08. The number of rotatable bonds is 3. The molecule has 5 nitrogen and oxygen atoms in total. The van der Waals surface area contributed by atoms with Gasteiger partial charge in [0.2, 0.25) is 0 Å². The minimum absolute atomic E-state index is 0.159. The number of aromatic carboxylic acids is 1. The predicted molar refractivity (Wildman–Crippen MR) is 54.6 cm³/mol. The number of alkyl halides is 3. The molecule has 96 valence electrons. The molecule has 0 bridgehead atoms. The summed E-state index contributed by atoms with van der Waals surface area (Å²) in [5.74, 6) is -1.77. The van der Waals surface area contributed by atoms with E-state index < -0.39 is 24.4 Å². The van der Waals surface area contributed by atoms with Gasteiger partial charge >= 0.3 is 12.1 Å². The number of aromatic amines is 1. The van der Waals surface area contributed by atoms with E-state index in [4.69, 9.17) is 5.11 Å². The molecule has 2 heterocycles. The first kappa shape index (κ1) is 12.2. The molecule has 0 unspecified atom stereocenters. The Bertz CT molecular complexity index is 592. The number of carboxylic acids is 1. The van der Waals surface area contributed by atoms with Gasteiger partial charge in [-0.2, -0.15) is 13.2 Å². The van der Waals surface area contributed by atoms with Crippen LogP contribution in [0.25, 0.3) is 11.0 Å². The van der Waals surface area contributed by atoms with Crippen LogP contribution in [0.3, 0.4) is 0 Å². The SMILES string of the molecule is O=C(O)c1[nH]c2ncccc2c1OCC(F)(F)F. The molecule has 2 N–H and O–H groups in total. The van der Waals surface area contributed by atoms with Crippen LogP contribution in [0.4, 0.5) is 13.2 Å². The summed E-state index contributed by atoms with van der Waals surface area (Å²) in [5, 5.41) is 9.07. The zero-order valence-electron chi connectivity index (χ0n) is 8.78. The molecule has 0 aliphatic rings. The molecule has 0 aliphatic heterocycles. The lowest BCUT2D eigenvalue weighted by Crippen LogP contribution is -2.20. The fourth-order valence-corrected chi connectivity index (χ4v) is 1.45. The molecule has 0 aliphatic carbocycles. The molecule has 8 heteroatoms. The summed E-state index contributed by atoms with van der Waals surface area (Å²) in [7, 11) is 0. The summed E-state index contributed by atoms with van der Waals surface area (Å²) in [5.41, 5.74) is -0.292. The van der Waals surface area contributed by atoms with Gasteiger partial charge in [0.05, 0.1) is 5.39 Å². The van der Waals surface area contributed by atoms with E-state index >= 15 is 0 Å². The molecule has 0 aromatic carbocycles. The summed E-state index contributed by atoms with van der Waals surface area (Å²) >= 11 is 0. The number of pyridine rings is 1. The van der Waals surface area contributed by atoms with E-state index in [-0.39, 0.29) is 16.8 Å². The lowest BCUT2D eigenvalue weighted by molar-refractivity contribution is -0.153. The molecule has 0 radical (unpaired) electrons. The van der Waals surface area contributed by atoms with Crippen LogP contribution in [0.5, 0.6) is 5.75 Å². The number of hydrogen-bond donors (Lipinski definition) is 2. The topological polar surface area (TPSA) is 75.2 Å². The third-order valence-corrected chi connectivity index (χ3v) is 2.12. The van der Waals surface area contributed by atoms with Gasteiger partial charge in [-0.15, -0.1) is 0 Å². The van der Waals surface area contributed by atoms with E-state index in [1.807, 2.05) is 0 Å². The van der Waals surface area contributed by atoms with Gasteiger partial charge in [0.1, 0.15) is 5.65 Å². The Labute approximate surface area is 98.2 Å². The minimum atomic E-state index is -4.54. The van der Waals surface area contributed by atoms with Crippen molar-refractivity contribution < 1.29 is 27.8 Å². The summed E-state index contributed by atoms with van der Waals surface area (Å²) in [6.45, 7) is -1.56. The van der Waals surface area contributed by atoms with Gasteiger partial charge in [-0.3, -0.25) is 0 Å². The molecule has 0 atom stereocenters. The van der Waals surface area contributed by atoms with E-state index in [1.54, 1.807) is 0 Å². The number of carbonyl (C=O) groups is 1. The average molecular weight is 260 g/mol. The standard InChI is InChI=1S/C10H7F3N2O3/c11-10(12,13)4-18-7-5-2-1-3-14-8(5)15-6(7)9(16)17/h1-3H,4H2,(H,14,15)(H,16,17). The number of nitrogens with one attached hydrogen (secondary N) is 1. The van der Waals surface area contributed by atoms with E-state index in [2.05, 4.69) is 14.7 Å². The van der Waals surface area contributed by atoms with Gasteiger partial charge in [0, 0.05) is 6.20 Å². The quantitative estimate of drug-likeness (QED) is 0.887. The van der Waals surface area contributed by atoms with Gasteiger partial charge in [-0.25, -0.2) is 9.78 Å². The monoisotopic (exact) mass is 260 g/mol. The van der Waals surface area contributed by atoms with Crippen LogP contribution in [0.1, 0.15) is 10.5 Å². The van der Waals surface area contributed by atoms with Crippen molar-refractivity contribution in [3.63, 3.8) is 0 Å². The van der Waals surface area contributed by atoms with Crippen LogP contribution >= 0.6 is 0 Å². The van der Waals surface area contributed by atoms with Crippen LogP contribution < -0.4 is 4.74 Å². The molecule has 0 fully saturated rings. The zero-order valence-corrected chi connectivity index (χ0v) is 8.78. The van der Waals surface area contributed by atoms with Crippen molar-refractivity contribution in [1.29, 1.82) is 0 Å². The smallest absolute Gasteiger partial charge is 0.422 e. The Morgan fingerprint density at radius 3 is 2.83 bits per heavy atom. The van der Waals surface area contributed by atoms with Gasteiger partial charge < -0.3 is 14.8 Å². The van der Waals surface area contributed by atoms with Crippen molar-refractivity contribution in [3.8, 4) is 5.75 Å². The fourth-order valence-electron chi connectivity index (χ4n) is 1.45. The maximum Gasteiger partial charge on any atom is 0.422 e. The molecular weight excluding hydrogens is 253 g/mol. The molecule has 0 saturated carbocycles. The highest BCUT2D eigenvalue weighted by molar-refractivity contribution is 5.98. The second-order valence-electron chi connectivity index (χ2n) is 3.44. The van der Waals surface area contributed by atoms with Crippen molar-refractivity contribution in [2.75, 3.05) is 6.61 Å². The first-order valence-electron chi connectivity index (χ1n) is 4.78. The first-order chi connectivity index (χ1) is 8.38.